The molecule has 1 aromatic carbocycles. The minimum Gasteiger partial charge on any atom is -0.269 e. The molecule has 0 spiro atoms. The molecule has 6 heteroatoms. The van der Waals surface area contributed by atoms with Gasteiger partial charge >= 0.3 is 0 Å². The lowest BCUT2D eigenvalue weighted by atomic mass is 10.2. The fraction of sp³-hybridized carbons (Fsp3) is 0.0909. The van der Waals surface area contributed by atoms with E-state index in [2.05, 4.69) is 0 Å². The maximum absolute atomic E-state index is 11.6. The monoisotopic (exact) mass is 232 g/mol. The summed E-state index contributed by atoms with van der Waals surface area (Å²) in [6, 6.07) is 5.26. The number of carbonyl (C=O) groups is 2. The number of non-ortho nitro benzene ring substituents is 1. The number of amides is 2. The zero-order chi connectivity index (χ0) is 12.6. The largest absolute Gasteiger partial charge is 0.269 e. The summed E-state index contributed by atoms with van der Waals surface area (Å²) in [5, 5.41) is 10.5. The summed E-state index contributed by atoms with van der Waals surface area (Å²) in [6.45, 7) is 1.55. The van der Waals surface area contributed by atoms with E-state index in [4.69, 9.17) is 0 Å². The van der Waals surface area contributed by atoms with E-state index in [1.165, 1.54) is 30.3 Å². The molecule has 0 bridgehead atoms. The van der Waals surface area contributed by atoms with E-state index in [1.54, 1.807) is 6.92 Å². The van der Waals surface area contributed by atoms with Crippen molar-refractivity contribution in [3.05, 3.63) is 46.0 Å². The molecule has 17 heavy (non-hydrogen) atoms. The van der Waals surface area contributed by atoms with E-state index in [0.717, 1.165) is 4.90 Å². The third-order valence-corrected chi connectivity index (χ3v) is 2.42. The van der Waals surface area contributed by atoms with Crippen LogP contribution in [0.15, 0.2) is 35.9 Å². The van der Waals surface area contributed by atoms with Crippen LogP contribution in [0.4, 0.5) is 11.4 Å². The average Bonchev–Trinajstić information content (AvgIpc) is 2.53. The number of carbonyl (C=O) groups excluding carboxylic acids is 2. The average molecular weight is 232 g/mol. The van der Waals surface area contributed by atoms with Gasteiger partial charge in [-0.25, -0.2) is 4.90 Å². The third kappa shape index (κ3) is 1.80. The third-order valence-electron chi connectivity index (χ3n) is 2.42. The van der Waals surface area contributed by atoms with Crippen LogP contribution in [0.25, 0.3) is 0 Å². The standard InChI is InChI=1S/C11H8N2O4/c1-7-6-10(14)12(11(7)15)8-2-4-9(5-3-8)13(16)17/h2-6H,1H3. The first-order chi connectivity index (χ1) is 8.00. The number of hydrogen-bond donors (Lipinski definition) is 0. The van der Waals surface area contributed by atoms with E-state index < -0.39 is 16.7 Å². The van der Waals surface area contributed by atoms with Gasteiger partial charge in [-0.1, -0.05) is 0 Å². The Morgan fingerprint density at radius 3 is 2.18 bits per heavy atom. The fourth-order valence-corrected chi connectivity index (χ4v) is 1.56. The van der Waals surface area contributed by atoms with Crippen LogP contribution in [-0.2, 0) is 9.59 Å². The van der Waals surface area contributed by atoms with Crippen LogP contribution in [0.5, 0.6) is 0 Å². The van der Waals surface area contributed by atoms with Gasteiger partial charge in [0.1, 0.15) is 0 Å². The van der Waals surface area contributed by atoms with E-state index in [-0.39, 0.29) is 5.69 Å². The van der Waals surface area contributed by atoms with Crippen molar-refractivity contribution in [2.75, 3.05) is 4.90 Å². The van der Waals surface area contributed by atoms with Crippen molar-refractivity contribution in [2.24, 2.45) is 0 Å². The predicted molar refractivity (Wildman–Crippen MR) is 59.3 cm³/mol. The lowest BCUT2D eigenvalue weighted by Gasteiger charge is -2.13. The van der Waals surface area contributed by atoms with Crippen LogP contribution in [0.3, 0.4) is 0 Å². The zero-order valence-electron chi connectivity index (χ0n) is 8.91. The molecule has 0 saturated heterocycles. The van der Waals surface area contributed by atoms with E-state index in [9.17, 15) is 19.7 Å². The molecule has 2 amide bonds. The van der Waals surface area contributed by atoms with Crippen molar-refractivity contribution in [3.8, 4) is 0 Å². The summed E-state index contributed by atoms with van der Waals surface area (Å²) in [6.07, 6.45) is 1.24. The highest BCUT2D eigenvalue weighted by Crippen LogP contribution is 2.24. The molecule has 6 nitrogen and oxygen atoms in total. The molecule has 1 aromatic rings. The second-order valence-electron chi connectivity index (χ2n) is 3.58. The number of anilines is 1. The molecule has 0 N–H and O–H groups in total. The quantitative estimate of drug-likeness (QED) is 0.438. The van der Waals surface area contributed by atoms with Crippen molar-refractivity contribution in [3.63, 3.8) is 0 Å². The summed E-state index contributed by atoms with van der Waals surface area (Å²) in [5.41, 5.74) is 0.601. The molecule has 0 aromatic heterocycles. The second-order valence-corrected chi connectivity index (χ2v) is 3.58. The van der Waals surface area contributed by atoms with Gasteiger partial charge in [-0.2, -0.15) is 0 Å². The molecule has 0 saturated carbocycles. The topological polar surface area (TPSA) is 80.5 Å². The maximum atomic E-state index is 11.6. The van der Waals surface area contributed by atoms with Crippen LogP contribution in [-0.4, -0.2) is 16.7 Å². The molecular weight excluding hydrogens is 224 g/mol. The van der Waals surface area contributed by atoms with Crippen molar-refractivity contribution >= 4 is 23.2 Å². The van der Waals surface area contributed by atoms with E-state index in [0.29, 0.717) is 11.3 Å². The fourth-order valence-electron chi connectivity index (χ4n) is 1.56. The molecule has 1 aliphatic heterocycles. The summed E-state index contributed by atoms with van der Waals surface area (Å²) >= 11 is 0. The Bertz CT molecular complexity index is 545. The van der Waals surface area contributed by atoms with Gasteiger partial charge in [0.25, 0.3) is 17.5 Å². The van der Waals surface area contributed by atoms with Crippen molar-refractivity contribution in [2.45, 2.75) is 6.92 Å². The van der Waals surface area contributed by atoms with Gasteiger partial charge in [-0.05, 0) is 19.1 Å². The SMILES string of the molecule is CC1=CC(=O)N(c2ccc([N+](=O)[O-])cc2)C1=O. The number of imide groups is 1. The number of nitrogens with zero attached hydrogens (tertiary/aromatic N) is 2. The lowest BCUT2D eigenvalue weighted by molar-refractivity contribution is -0.384. The van der Waals surface area contributed by atoms with Crippen molar-refractivity contribution in [1.82, 2.24) is 0 Å². The summed E-state index contributed by atoms with van der Waals surface area (Å²) < 4.78 is 0. The Morgan fingerprint density at radius 2 is 1.76 bits per heavy atom. The Morgan fingerprint density at radius 1 is 1.18 bits per heavy atom. The minimum atomic E-state index is -0.541. The highest BCUT2D eigenvalue weighted by molar-refractivity contribution is 6.30. The normalized spacial score (nSPS) is 15.1. The van der Waals surface area contributed by atoms with E-state index in [1.807, 2.05) is 0 Å². The summed E-state index contributed by atoms with van der Waals surface area (Å²) in [4.78, 5) is 34.1. The van der Waals surface area contributed by atoms with Crippen LogP contribution in [0, 0.1) is 10.1 Å². The predicted octanol–water partition coefficient (Wildman–Crippen LogP) is 1.41. The molecule has 1 aliphatic rings. The number of rotatable bonds is 2. The number of nitro groups is 1. The Balaban J connectivity index is 2.34. The Labute approximate surface area is 96.3 Å². The van der Waals surface area contributed by atoms with Gasteiger partial charge in [0, 0.05) is 23.8 Å². The molecular formula is C11H8N2O4. The summed E-state index contributed by atoms with van der Waals surface area (Å²) in [5.74, 6) is -0.829. The molecule has 86 valence electrons. The first-order valence-electron chi connectivity index (χ1n) is 4.82. The molecule has 0 atom stereocenters. The highest BCUT2D eigenvalue weighted by Gasteiger charge is 2.29. The second kappa shape index (κ2) is 3.82. The molecule has 2 rings (SSSR count). The zero-order valence-corrected chi connectivity index (χ0v) is 8.91. The summed E-state index contributed by atoms with van der Waals surface area (Å²) in [7, 11) is 0. The first kappa shape index (κ1) is 11.0. The van der Waals surface area contributed by atoms with Gasteiger partial charge in [0.05, 0.1) is 10.6 Å². The molecule has 0 radical (unpaired) electrons. The minimum absolute atomic E-state index is 0.0856. The van der Waals surface area contributed by atoms with E-state index >= 15 is 0 Å². The molecule has 1 heterocycles. The first-order valence-corrected chi connectivity index (χ1v) is 4.82. The van der Waals surface area contributed by atoms with Gasteiger partial charge < -0.3 is 0 Å². The Hall–Kier alpha value is -2.50. The van der Waals surface area contributed by atoms with Gasteiger partial charge in [-0.3, -0.25) is 19.7 Å². The maximum Gasteiger partial charge on any atom is 0.269 e. The van der Waals surface area contributed by atoms with Gasteiger partial charge in [-0.15, -0.1) is 0 Å². The number of nitro benzene ring substituents is 1. The lowest BCUT2D eigenvalue weighted by Crippen LogP contribution is -2.30. The van der Waals surface area contributed by atoms with Crippen LogP contribution in [0.2, 0.25) is 0 Å². The van der Waals surface area contributed by atoms with Crippen molar-refractivity contribution in [1.29, 1.82) is 0 Å². The highest BCUT2D eigenvalue weighted by atomic mass is 16.6. The van der Waals surface area contributed by atoms with Crippen LogP contribution >= 0.6 is 0 Å². The number of hydrogen-bond acceptors (Lipinski definition) is 4. The molecule has 0 fully saturated rings. The van der Waals surface area contributed by atoms with Crippen molar-refractivity contribution < 1.29 is 14.5 Å². The van der Waals surface area contributed by atoms with Gasteiger partial charge in [0.2, 0.25) is 0 Å². The molecule has 0 aliphatic carbocycles. The molecule has 0 unspecified atom stereocenters. The number of benzene rings is 1. The Kier molecular flexibility index (Phi) is 2.47. The van der Waals surface area contributed by atoms with Crippen LogP contribution in [0.1, 0.15) is 6.92 Å². The van der Waals surface area contributed by atoms with Crippen LogP contribution < -0.4 is 4.90 Å². The smallest absolute Gasteiger partial charge is 0.269 e. The van der Waals surface area contributed by atoms with Gasteiger partial charge in [0.15, 0.2) is 0 Å².